The maximum absolute atomic E-state index is 4.12. The zero-order valence-corrected chi connectivity index (χ0v) is 6.93. The number of hydrogen-bond acceptors (Lipinski definition) is 3. The van der Waals surface area contributed by atoms with Gasteiger partial charge in [-0.2, -0.15) is 11.8 Å². The van der Waals surface area contributed by atoms with Gasteiger partial charge in [0.1, 0.15) is 6.33 Å². The Morgan fingerprint density at radius 3 is 2.90 bits per heavy atom. The van der Waals surface area contributed by atoms with Crippen molar-refractivity contribution in [1.29, 1.82) is 0 Å². The highest BCUT2D eigenvalue weighted by Crippen LogP contribution is 2.22. The Labute approximate surface area is 65.1 Å². The molecule has 1 heterocycles. The SMILES string of the molecule is CSC(C)c1ccncn1. The summed E-state index contributed by atoms with van der Waals surface area (Å²) in [7, 11) is 0. The molecule has 0 saturated carbocycles. The van der Waals surface area contributed by atoms with Crippen LogP contribution in [0.4, 0.5) is 0 Å². The van der Waals surface area contributed by atoms with Gasteiger partial charge in [-0.25, -0.2) is 9.97 Å². The zero-order valence-electron chi connectivity index (χ0n) is 6.11. The third-order valence-electron chi connectivity index (χ3n) is 1.37. The van der Waals surface area contributed by atoms with Crippen molar-refractivity contribution in [1.82, 2.24) is 9.97 Å². The van der Waals surface area contributed by atoms with Gasteiger partial charge in [-0.15, -0.1) is 0 Å². The first kappa shape index (κ1) is 7.54. The zero-order chi connectivity index (χ0) is 7.40. The van der Waals surface area contributed by atoms with Crippen LogP contribution in [0.3, 0.4) is 0 Å². The Bertz CT molecular complexity index is 188. The largest absolute Gasteiger partial charge is 0.245 e. The van der Waals surface area contributed by atoms with Crippen molar-refractivity contribution in [2.75, 3.05) is 6.26 Å². The fourth-order valence-electron chi connectivity index (χ4n) is 0.662. The van der Waals surface area contributed by atoms with Crippen LogP contribution < -0.4 is 0 Å². The third kappa shape index (κ3) is 1.70. The van der Waals surface area contributed by atoms with Gasteiger partial charge >= 0.3 is 0 Å². The minimum absolute atomic E-state index is 0.475. The smallest absolute Gasteiger partial charge is 0.115 e. The van der Waals surface area contributed by atoms with Crippen LogP contribution in [0.25, 0.3) is 0 Å². The van der Waals surface area contributed by atoms with Gasteiger partial charge in [-0.3, -0.25) is 0 Å². The standard InChI is InChI=1S/C7H10N2S/c1-6(10-2)7-3-4-8-5-9-7/h3-6H,1-2H3. The summed E-state index contributed by atoms with van der Waals surface area (Å²) >= 11 is 1.79. The molecule has 3 heteroatoms. The van der Waals surface area contributed by atoms with E-state index in [1.807, 2.05) is 6.07 Å². The summed E-state index contributed by atoms with van der Waals surface area (Å²) in [5.41, 5.74) is 1.10. The molecular formula is C7H10N2S. The molecule has 0 bridgehead atoms. The molecule has 0 fully saturated rings. The van der Waals surface area contributed by atoms with E-state index in [2.05, 4.69) is 23.1 Å². The lowest BCUT2D eigenvalue weighted by molar-refractivity contribution is 0.979. The van der Waals surface area contributed by atoms with E-state index in [0.717, 1.165) is 5.69 Å². The maximum Gasteiger partial charge on any atom is 0.115 e. The normalized spacial score (nSPS) is 13.0. The summed E-state index contributed by atoms with van der Waals surface area (Å²) in [6.45, 7) is 2.13. The van der Waals surface area contributed by atoms with Gasteiger partial charge in [0, 0.05) is 11.4 Å². The van der Waals surface area contributed by atoms with Gasteiger partial charge < -0.3 is 0 Å². The molecule has 0 N–H and O–H groups in total. The first-order chi connectivity index (χ1) is 4.84. The lowest BCUT2D eigenvalue weighted by atomic mass is 10.3. The van der Waals surface area contributed by atoms with Gasteiger partial charge in [0.15, 0.2) is 0 Å². The highest BCUT2D eigenvalue weighted by molar-refractivity contribution is 7.98. The highest BCUT2D eigenvalue weighted by atomic mass is 32.2. The van der Waals surface area contributed by atoms with Crippen LogP contribution >= 0.6 is 11.8 Å². The van der Waals surface area contributed by atoms with E-state index in [1.165, 1.54) is 0 Å². The molecule has 1 atom stereocenters. The monoisotopic (exact) mass is 154 g/mol. The third-order valence-corrected chi connectivity index (χ3v) is 2.32. The van der Waals surface area contributed by atoms with Gasteiger partial charge in [0.05, 0.1) is 5.69 Å². The van der Waals surface area contributed by atoms with E-state index in [4.69, 9.17) is 0 Å². The number of hydrogen-bond donors (Lipinski definition) is 0. The average Bonchev–Trinajstić information content (AvgIpc) is 2.05. The van der Waals surface area contributed by atoms with E-state index >= 15 is 0 Å². The van der Waals surface area contributed by atoms with Crippen LogP contribution in [0, 0.1) is 0 Å². The summed E-state index contributed by atoms with van der Waals surface area (Å²) in [6, 6.07) is 1.95. The molecule has 0 saturated heterocycles. The Morgan fingerprint density at radius 1 is 1.60 bits per heavy atom. The molecule has 1 aromatic rings. The quantitative estimate of drug-likeness (QED) is 0.650. The van der Waals surface area contributed by atoms with Crippen LogP contribution in [-0.2, 0) is 0 Å². The molecule has 10 heavy (non-hydrogen) atoms. The second-order valence-electron chi connectivity index (χ2n) is 2.01. The predicted molar refractivity (Wildman–Crippen MR) is 44.0 cm³/mol. The summed E-state index contributed by atoms with van der Waals surface area (Å²) < 4.78 is 0. The van der Waals surface area contributed by atoms with E-state index in [0.29, 0.717) is 5.25 Å². The molecule has 1 aromatic heterocycles. The van der Waals surface area contributed by atoms with Crippen molar-refractivity contribution < 1.29 is 0 Å². The average molecular weight is 154 g/mol. The minimum atomic E-state index is 0.475. The van der Waals surface area contributed by atoms with Crippen LogP contribution in [0.2, 0.25) is 0 Å². The molecule has 0 aliphatic carbocycles. The molecule has 0 amide bonds. The predicted octanol–water partition coefficient (Wildman–Crippen LogP) is 1.90. The summed E-state index contributed by atoms with van der Waals surface area (Å²) in [4.78, 5) is 7.96. The second-order valence-corrected chi connectivity index (χ2v) is 3.19. The minimum Gasteiger partial charge on any atom is -0.245 e. The summed E-state index contributed by atoms with van der Waals surface area (Å²) in [6.07, 6.45) is 5.43. The lowest BCUT2D eigenvalue weighted by Gasteiger charge is -2.04. The number of aromatic nitrogens is 2. The number of thioether (sulfide) groups is 1. The summed E-state index contributed by atoms with van der Waals surface area (Å²) in [5, 5.41) is 0.475. The molecular weight excluding hydrogens is 144 g/mol. The molecule has 0 aliphatic heterocycles. The van der Waals surface area contributed by atoms with Crippen molar-refractivity contribution in [2.24, 2.45) is 0 Å². The first-order valence-corrected chi connectivity index (χ1v) is 4.42. The van der Waals surface area contributed by atoms with Crippen molar-refractivity contribution in [2.45, 2.75) is 12.2 Å². The van der Waals surface area contributed by atoms with Crippen molar-refractivity contribution in [3.05, 3.63) is 24.3 Å². The van der Waals surface area contributed by atoms with E-state index in [-0.39, 0.29) is 0 Å². The molecule has 54 valence electrons. The van der Waals surface area contributed by atoms with E-state index in [9.17, 15) is 0 Å². The van der Waals surface area contributed by atoms with Crippen LogP contribution in [0.5, 0.6) is 0 Å². The van der Waals surface area contributed by atoms with E-state index < -0.39 is 0 Å². The Kier molecular flexibility index (Phi) is 2.68. The van der Waals surface area contributed by atoms with Crippen molar-refractivity contribution >= 4 is 11.8 Å². The topological polar surface area (TPSA) is 25.8 Å². The number of rotatable bonds is 2. The van der Waals surface area contributed by atoms with Crippen LogP contribution in [0.1, 0.15) is 17.9 Å². The summed E-state index contributed by atoms with van der Waals surface area (Å²) in [5.74, 6) is 0. The molecule has 1 unspecified atom stereocenters. The fourth-order valence-corrected chi connectivity index (χ4v) is 1.04. The molecule has 1 rings (SSSR count). The van der Waals surface area contributed by atoms with Gasteiger partial charge in [-0.1, -0.05) is 0 Å². The van der Waals surface area contributed by atoms with E-state index in [1.54, 1.807) is 24.3 Å². The van der Waals surface area contributed by atoms with Crippen LogP contribution in [0.15, 0.2) is 18.6 Å². The molecule has 2 nitrogen and oxygen atoms in total. The highest BCUT2D eigenvalue weighted by Gasteiger charge is 2.01. The Balaban J connectivity index is 2.75. The fraction of sp³-hybridized carbons (Fsp3) is 0.429. The number of nitrogens with zero attached hydrogens (tertiary/aromatic N) is 2. The van der Waals surface area contributed by atoms with Crippen LogP contribution in [-0.4, -0.2) is 16.2 Å². The van der Waals surface area contributed by atoms with Crippen molar-refractivity contribution in [3.63, 3.8) is 0 Å². The van der Waals surface area contributed by atoms with Crippen molar-refractivity contribution in [3.8, 4) is 0 Å². The van der Waals surface area contributed by atoms with Gasteiger partial charge in [0.2, 0.25) is 0 Å². The molecule has 0 radical (unpaired) electrons. The molecule has 0 spiro atoms. The second kappa shape index (κ2) is 3.56. The Morgan fingerprint density at radius 2 is 2.40 bits per heavy atom. The molecule has 0 aliphatic rings. The first-order valence-electron chi connectivity index (χ1n) is 3.13. The van der Waals surface area contributed by atoms with Gasteiger partial charge in [-0.05, 0) is 19.2 Å². The Hall–Kier alpha value is -0.570. The lowest BCUT2D eigenvalue weighted by Crippen LogP contribution is -1.91. The van der Waals surface area contributed by atoms with Gasteiger partial charge in [0.25, 0.3) is 0 Å². The maximum atomic E-state index is 4.12. The molecule has 0 aromatic carbocycles.